The summed E-state index contributed by atoms with van der Waals surface area (Å²) in [4.78, 5) is 10.5. The number of halogens is 2. The molecule has 0 aliphatic carbocycles. The largest absolute Gasteiger partial charge is 0.422 e. The van der Waals surface area contributed by atoms with E-state index in [0.717, 1.165) is 18.8 Å². The zero-order chi connectivity index (χ0) is 24.9. The van der Waals surface area contributed by atoms with E-state index in [-0.39, 0.29) is 23.2 Å². The molecule has 186 valence electrons. The van der Waals surface area contributed by atoms with Crippen LogP contribution in [0.15, 0.2) is 23.3 Å². The number of hydrogen-bond acceptors (Lipinski definition) is 8. The molecule has 0 amide bonds. The Kier molecular flexibility index (Phi) is 7.25. The number of aryl methyl sites for hydroxylation is 1. The first-order valence-corrected chi connectivity index (χ1v) is 11.1. The van der Waals surface area contributed by atoms with Crippen molar-refractivity contribution in [3.8, 4) is 5.88 Å². The number of aromatic amines is 2. The molecule has 1 aliphatic heterocycles. The highest BCUT2D eigenvalue weighted by atomic mass is 19.1. The number of nitrogens with one attached hydrogen (secondary N) is 5. The van der Waals surface area contributed by atoms with Crippen molar-refractivity contribution in [1.82, 2.24) is 35.5 Å². The van der Waals surface area contributed by atoms with Crippen LogP contribution in [0.1, 0.15) is 24.7 Å². The molecule has 4 rings (SSSR count). The first-order chi connectivity index (χ1) is 16.8. The van der Waals surface area contributed by atoms with Crippen LogP contribution in [0.5, 0.6) is 5.88 Å². The number of likely N-dealkylation sites (N-methyl/N-ethyl adjacent to an activating group) is 1. The van der Waals surface area contributed by atoms with E-state index in [1.54, 1.807) is 13.0 Å². The number of nitrogens with zero attached hydrogens (tertiary/aromatic N) is 5. The molecule has 4 heterocycles. The van der Waals surface area contributed by atoms with Gasteiger partial charge in [-0.3, -0.25) is 15.9 Å². The minimum atomic E-state index is -0.896. The van der Waals surface area contributed by atoms with Gasteiger partial charge < -0.3 is 19.5 Å². The molecule has 5 N–H and O–H groups in total. The minimum absolute atomic E-state index is 0.0212. The molecule has 0 aromatic carbocycles. The van der Waals surface area contributed by atoms with Gasteiger partial charge in [0.15, 0.2) is 17.5 Å². The monoisotopic (exact) mass is 486 g/mol. The number of piperazine rings is 1. The van der Waals surface area contributed by atoms with Crippen LogP contribution < -0.4 is 15.7 Å². The van der Waals surface area contributed by atoms with E-state index in [4.69, 9.17) is 10.1 Å². The van der Waals surface area contributed by atoms with Crippen molar-refractivity contribution in [3.63, 3.8) is 0 Å². The van der Waals surface area contributed by atoms with Gasteiger partial charge in [-0.05, 0) is 33.0 Å². The number of hydrazone groups is 1. The lowest BCUT2D eigenvalue weighted by Crippen LogP contribution is -2.48. The summed E-state index contributed by atoms with van der Waals surface area (Å²) in [7, 11) is 2.03. The van der Waals surface area contributed by atoms with Crippen LogP contribution in [0.2, 0.25) is 0 Å². The van der Waals surface area contributed by atoms with E-state index in [0.29, 0.717) is 30.4 Å². The lowest BCUT2D eigenvalue weighted by molar-refractivity contribution is 0.213. The molecule has 1 saturated heterocycles. The first kappa shape index (κ1) is 24.1. The SMILES string of the molecule is C/C=C/c1cc(NN/N=C(/CC(=N)Oc2nc(F)c3[nH]c(C)cc3c2F)N2CCN(C)CC2)n[nH]1. The number of fused-ring (bicyclic) bond motifs is 1. The predicted octanol–water partition coefficient (Wildman–Crippen LogP) is 2.83. The Morgan fingerprint density at radius 1 is 1.29 bits per heavy atom. The summed E-state index contributed by atoms with van der Waals surface area (Å²) in [5, 5.41) is 19.7. The maximum Gasteiger partial charge on any atom is 0.260 e. The van der Waals surface area contributed by atoms with Crippen LogP contribution in [0.25, 0.3) is 17.0 Å². The first-order valence-electron chi connectivity index (χ1n) is 11.1. The summed E-state index contributed by atoms with van der Waals surface area (Å²) in [5.74, 6) is -1.61. The number of pyridine rings is 1. The molecular weight excluding hydrogens is 458 g/mol. The Labute approximate surface area is 200 Å². The fourth-order valence-corrected chi connectivity index (χ4v) is 3.70. The summed E-state index contributed by atoms with van der Waals surface area (Å²) in [6.07, 6.45) is 3.70. The fraction of sp³-hybridized carbons (Fsp3) is 0.364. The lowest BCUT2D eigenvalue weighted by atomic mass is 10.2. The molecule has 0 radical (unpaired) electrons. The third kappa shape index (κ3) is 5.74. The maximum atomic E-state index is 14.9. The summed E-state index contributed by atoms with van der Waals surface area (Å²) in [5.41, 5.74) is 7.00. The Bertz CT molecular complexity index is 1260. The molecule has 0 atom stereocenters. The minimum Gasteiger partial charge on any atom is -0.422 e. The zero-order valence-corrected chi connectivity index (χ0v) is 19.7. The second-order valence-corrected chi connectivity index (χ2v) is 8.23. The van der Waals surface area contributed by atoms with Crippen molar-refractivity contribution in [3.05, 3.63) is 41.4 Å². The number of hydrogen-bond donors (Lipinski definition) is 5. The Balaban J connectivity index is 1.48. The summed E-state index contributed by atoms with van der Waals surface area (Å²) >= 11 is 0. The van der Waals surface area contributed by atoms with Gasteiger partial charge in [0, 0.05) is 43.3 Å². The number of anilines is 1. The van der Waals surface area contributed by atoms with Crippen molar-refractivity contribution in [2.45, 2.75) is 20.3 Å². The molecule has 0 saturated carbocycles. The van der Waals surface area contributed by atoms with E-state index in [1.165, 1.54) is 6.07 Å². The van der Waals surface area contributed by atoms with Crippen molar-refractivity contribution in [1.29, 1.82) is 5.41 Å². The van der Waals surface area contributed by atoms with Crippen molar-refractivity contribution in [2.75, 3.05) is 38.7 Å². The van der Waals surface area contributed by atoms with E-state index in [9.17, 15) is 8.78 Å². The average molecular weight is 487 g/mol. The molecule has 13 heteroatoms. The zero-order valence-electron chi connectivity index (χ0n) is 19.7. The third-order valence-corrected chi connectivity index (χ3v) is 5.50. The van der Waals surface area contributed by atoms with Crippen LogP contribution >= 0.6 is 0 Å². The second kappa shape index (κ2) is 10.5. The number of hydrazine groups is 1. The molecular formula is C22H28F2N10O. The molecule has 3 aromatic rings. The van der Waals surface area contributed by atoms with Crippen LogP contribution in [0.3, 0.4) is 0 Å². The van der Waals surface area contributed by atoms with E-state index < -0.39 is 17.6 Å². The van der Waals surface area contributed by atoms with Gasteiger partial charge in [-0.25, -0.2) is 9.93 Å². The van der Waals surface area contributed by atoms with Gasteiger partial charge in [-0.15, -0.1) is 5.10 Å². The van der Waals surface area contributed by atoms with Gasteiger partial charge in [-0.2, -0.15) is 14.5 Å². The van der Waals surface area contributed by atoms with Gasteiger partial charge in [0.25, 0.3) is 5.88 Å². The van der Waals surface area contributed by atoms with E-state index >= 15 is 0 Å². The van der Waals surface area contributed by atoms with Crippen LogP contribution in [0, 0.1) is 24.1 Å². The molecule has 1 fully saturated rings. The van der Waals surface area contributed by atoms with Gasteiger partial charge in [0.1, 0.15) is 11.4 Å². The van der Waals surface area contributed by atoms with Gasteiger partial charge in [0.05, 0.1) is 12.1 Å². The molecule has 35 heavy (non-hydrogen) atoms. The number of rotatable bonds is 7. The highest BCUT2D eigenvalue weighted by Gasteiger charge is 2.22. The number of ether oxygens (including phenoxy) is 1. The molecule has 3 aromatic heterocycles. The van der Waals surface area contributed by atoms with Crippen LogP contribution in [0.4, 0.5) is 14.6 Å². The topological polar surface area (TPSA) is 133 Å². The average Bonchev–Trinajstić information content (AvgIpc) is 3.44. The molecule has 1 aliphatic rings. The van der Waals surface area contributed by atoms with Gasteiger partial charge >= 0.3 is 0 Å². The van der Waals surface area contributed by atoms with E-state index in [1.807, 2.05) is 31.0 Å². The second-order valence-electron chi connectivity index (χ2n) is 8.23. The molecule has 0 bridgehead atoms. The number of allylic oxidation sites excluding steroid dienone is 1. The fourth-order valence-electron chi connectivity index (χ4n) is 3.70. The highest BCUT2D eigenvalue weighted by molar-refractivity contribution is 5.99. The molecule has 0 spiro atoms. The lowest BCUT2D eigenvalue weighted by Gasteiger charge is -2.34. The number of amidine groups is 1. The third-order valence-electron chi connectivity index (χ3n) is 5.50. The normalized spacial score (nSPS) is 15.2. The summed E-state index contributed by atoms with van der Waals surface area (Å²) in [6, 6.07) is 3.26. The van der Waals surface area contributed by atoms with Gasteiger partial charge in [-0.1, -0.05) is 6.08 Å². The Morgan fingerprint density at radius 2 is 2.06 bits per heavy atom. The Morgan fingerprint density at radius 3 is 2.80 bits per heavy atom. The smallest absolute Gasteiger partial charge is 0.260 e. The van der Waals surface area contributed by atoms with Crippen molar-refractivity contribution in [2.24, 2.45) is 5.10 Å². The maximum absolute atomic E-state index is 14.9. The molecule has 0 unspecified atom stereocenters. The van der Waals surface area contributed by atoms with Gasteiger partial charge in [0.2, 0.25) is 5.95 Å². The van der Waals surface area contributed by atoms with E-state index in [2.05, 4.69) is 41.1 Å². The predicted molar refractivity (Wildman–Crippen MR) is 130 cm³/mol. The Hall–Kier alpha value is -4.00. The van der Waals surface area contributed by atoms with Crippen LogP contribution in [-0.4, -0.2) is 74.9 Å². The van der Waals surface area contributed by atoms with Crippen molar-refractivity contribution >= 4 is 34.5 Å². The number of H-pyrrole nitrogens is 2. The molecule has 11 nitrogen and oxygen atoms in total. The summed E-state index contributed by atoms with van der Waals surface area (Å²) < 4.78 is 34.5. The standard InChI is InChI=1S/C22H28F2N10O/c1-4-5-14-11-17(29-28-14)30-32-31-18(34-8-6-33(3)7-9-34)12-16(25)35-22-19(23)15-10-13(2)26-20(15)21(24)27-22/h4-5,10-11,25-26,32H,6-9,12H2,1-3H3,(H2,28,29,30)/b5-4+,25-16?,31-18-. The quantitative estimate of drug-likeness (QED) is 0.150. The highest BCUT2D eigenvalue weighted by Crippen LogP contribution is 2.27. The van der Waals surface area contributed by atoms with Crippen molar-refractivity contribution < 1.29 is 13.5 Å². The summed E-state index contributed by atoms with van der Waals surface area (Å²) in [6.45, 7) is 6.60. The number of aromatic nitrogens is 4. The van der Waals surface area contributed by atoms with Crippen LogP contribution in [-0.2, 0) is 0 Å².